The summed E-state index contributed by atoms with van der Waals surface area (Å²) in [6, 6.07) is 7.58. The predicted octanol–water partition coefficient (Wildman–Crippen LogP) is 6.45. The summed E-state index contributed by atoms with van der Waals surface area (Å²) in [6.45, 7) is 2.31. The molecule has 0 spiro atoms. The van der Waals surface area contributed by atoms with Crippen LogP contribution in [-0.2, 0) is 13.0 Å². The molecule has 4 rings (SSSR count). The lowest BCUT2D eigenvalue weighted by Crippen LogP contribution is -2.32. The van der Waals surface area contributed by atoms with E-state index in [1.165, 1.54) is 91.7 Å². The predicted molar refractivity (Wildman–Crippen MR) is 115 cm³/mol. The molecule has 2 aliphatic carbocycles. The van der Waals surface area contributed by atoms with Gasteiger partial charge in [-0.25, -0.2) is 0 Å². The van der Waals surface area contributed by atoms with Crippen molar-refractivity contribution in [3.8, 4) is 0 Å². The molecule has 1 aromatic carbocycles. The van der Waals surface area contributed by atoms with Crippen molar-refractivity contribution in [3.63, 3.8) is 0 Å². The molecular formula is C23H33BrN2. The monoisotopic (exact) mass is 416 g/mol. The van der Waals surface area contributed by atoms with Crippen LogP contribution in [0.4, 0.5) is 0 Å². The molecule has 0 aliphatic heterocycles. The maximum Gasteiger partial charge on any atom is 0.0484 e. The summed E-state index contributed by atoms with van der Waals surface area (Å²) in [5.41, 5.74) is 2.94. The lowest BCUT2D eigenvalue weighted by molar-refractivity contribution is 0.322. The van der Waals surface area contributed by atoms with Gasteiger partial charge in [-0.15, -0.1) is 0 Å². The molecule has 1 N–H and O–H groups in total. The highest BCUT2D eigenvalue weighted by Gasteiger charge is 2.17. The van der Waals surface area contributed by atoms with E-state index < -0.39 is 0 Å². The molecule has 2 aliphatic rings. The van der Waals surface area contributed by atoms with Gasteiger partial charge in [0.05, 0.1) is 0 Å². The summed E-state index contributed by atoms with van der Waals surface area (Å²) < 4.78 is 3.75. The van der Waals surface area contributed by atoms with Gasteiger partial charge in [0.1, 0.15) is 0 Å². The Bertz CT molecular complexity index is 708. The van der Waals surface area contributed by atoms with Crippen molar-refractivity contribution in [2.45, 2.75) is 83.2 Å². The molecule has 0 saturated heterocycles. The van der Waals surface area contributed by atoms with E-state index in [1.807, 2.05) is 0 Å². The van der Waals surface area contributed by atoms with Crippen LogP contribution in [0.1, 0.15) is 69.8 Å². The van der Waals surface area contributed by atoms with Crippen LogP contribution in [0, 0.1) is 5.92 Å². The van der Waals surface area contributed by atoms with Crippen LogP contribution in [0.5, 0.6) is 0 Å². The molecule has 0 amide bonds. The average Bonchev–Trinajstić information content (AvgIpc) is 3.00. The van der Waals surface area contributed by atoms with Crippen LogP contribution < -0.4 is 5.32 Å². The molecule has 0 unspecified atom stereocenters. The van der Waals surface area contributed by atoms with Gasteiger partial charge < -0.3 is 9.88 Å². The fourth-order valence-corrected chi connectivity index (χ4v) is 5.42. The molecule has 0 atom stereocenters. The van der Waals surface area contributed by atoms with Gasteiger partial charge in [0.2, 0.25) is 0 Å². The van der Waals surface area contributed by atoms with Crippen molar-refractivity contribution in [2.75, 3.05) is 6.54 Å². The first-order valence-electron chi connectivity index (χ1n) is 10.8. The van der Waals surface area contributed by atoms with Gasteiger partial charge >= 0.3 is 0 Å². The third-order valence-electron chi connectivity index (χ3n) is 6.54. The number of hydrogen-bond donors (Lipinski definition) is 1. The Morgan fingerprint density at radius 1 is 0.962 bits per heavy atom. The minimum atomic E-state index is 0.756. The summed E-state index contributed by atoms with van der Waals surface area (Å²) in [7, 11) is 0. The Labute approximate surface area is 166 Å². The Balaban J connectivity index is 1.46. The summed E-state index contributed by atoms with van der Waals surface area (Å²) in [6.07, 6.45) is 17.7. The Kier molecular flexibility index (Phi) is 6.37. The highest BCUT2D eigenvalue weighted by Crippen LogP contribution is 2.30. The first-order chi connectivity index (χ1) is 12.8. The molecule has 26 heavy (non-hydrogen) atoms. The van der Waals surface area contributed by atoms with E-state index >= 15 is 0 Å². The summed E-state index contributed by atoms with van der Waals surface area (Å²) >= 11 is 3.68. The topological polar surface area (TPSA) is 17.0 Å². The molecule has 142 valence electrons. The van der Waals surface area contributed by atoms with Crippen molar-refractivity contribution in [1.82, 2.24) is 9.88 Å². The number of nitrogens with one attached hydrogen (secondary N) is 1. The third-order valence-corrected chi connectivity index (χ3v) is 7.03. The Hall–Kier alpha value is -0.800. The SMILES string of the molecule is Brc1ccc2c(c1)c(CCNC1CCCCC1)cn2CC1CCCCC1. The summed E-state index contributed by atoms with van der Waals surface area (Å²) in [4.78, 5) is 0. The van der Waals surface area contributed by atoms with Gasteiger partial charge in [-0.05, 0) is 68.3 Å². The fourth-order valence-electron chi connectivity index (χ4n) is 5.06. The normalized spacial score (nSPS) is 20.0. The van der Waals surface area contributed by atoms with Crippen LogP contribution in [0.3, 0.4) is 0 Å². The van der Waals surface area contributed by atoms with Gasteiger partial charge in [-0.1, -0.05) is 54.5 Å². The molecule has 2 fully saturated rings. The van der Waals surface area contributed by atoms with E-state index in [-0.39, 0.29) is 0 Å². The quantitative estimate of drug-likeness (QED) is 0.572. The van der Waals surface area contributed by atoms with E-state index in [0.717, 1.165) is 24.9 Å². The van der Waals surface area contributed by atoms with Crippen molar-refractivity contribution in [1.29, 1.82) is 0 Å². The fraction of sp³-hybridized carbons (Fsp3) is 0.652. The first kappa shape index (κ1) is 18.6. The third kappa shape index (κ3) is 4.54. The van der Waals surface area contributed by atoms with Crippen LogP contribution in [0.2, 0.25) is 0 Å². The van der Waals surface area contributed by atoms with E-state index in [2.05, 4.69) is 50.2 Å². The zero-order valence-corrected chi connectivity index (χ0v) is 17.6. The highest BCUT2D eigenvalue weighted by atomic mass is 79.9. The molecule has 1 aromatic heterocycles. The zero-order valence-electron chi connectivity index (χ0n) is 16.0. The number of nitrogens with zero attached hydrogens (tertiary/aromatic N) is 1. The van der Waals surface area contributed by atoms with Crippen molar-refractivity contribution in [3.05, 3.63) is 34.4 Å². The molecule has 2 aromatic rings. The van der Waals surface area contributed by atoms with Gasteiger partial charge in [-0.2, -0.15) is 0 Å². The molecule has 2 nitrogen and oxygen atoms in total. The number of rotatable bonds is 6. The number of benzene rings is 1. The molecule has 1 heterocycles. The van der Waals surface area contributed by atoms with E-state index in [4.69, 9.17) is 0 Å². The van der Waals surface area contributed by atoms with E-state index in [0.29, 0.717) is 0 Å². The second-order valence-electron chi connectivity index (χ2n) is 8.51. The molecule has 2 saturated carbocycles. The van der Waals surface area contributed by atoms with Gasteiger partial charge in [-0.3, -0.25) is 0 Å². The van der Waals surface area contributed by atoms with Crippen LogP contribution >= 0.6 is 15.9 Å². The van der Waals surface area contributed by atoms with Gasteiger partial charge in [0, 0.05) is 34.2 Å². The number of aromatic nitrogens is 1. The van der Waals surface area contributed by atoms with Crippen molar-refractivity contribution in [2.24, 2.45) is 5.92 Å². The number of hydrogen-bond acceptors (Lipinski definition) is 1. The lowest BCUT2D eigenvalue weighted by atomic mass is 9.89. The minimum Gasteiger partial charge on any atom is -0.347 e. The van der Waals surface area contributed by atoms with E-state index in [1.54, 1.807) is 0 Å². The minimum absolute atomic E-state index is 0.756. The lowest BCUT2D eigenvalue weighted by Gasteiger charge is -2.22. The standard InChI is InChI=1S/C23H33BrN2/c24-20-11-12-23-22(15-20)19(13-14-25-21-9-5-2-6-10-21)17-26(23)16-18-7-3-1-4-8-18/h11-12,15,17-18,21,25H,1-10,13-14,16H2. The number of fused-ring (bicyclic) bond motifs is 1. The largest absolute Gasteiger partial charge is 0.347 e. The number of halogens is 1. The smallest absolute Gasteiger partial charge is 0.0484 e. The molecule has 3 heteroatoms. The zero-order chi connectivity index (χ0) is 17.8. The molecule has 0 bridgehead atoms. The second-order valence-corrected chi connectivity index (χ2v) is 9.43. The van der Waals surface area contributed by atoms with Gasteiger partial charge in [0.25, 0.3) is 0 Å². The Morgan fingerprint density at radius 3 is 2.46 bits per heavy atom. The van der Waals surface area contributed by atoms with Crippen LogP contribution in [0.25, 0.3) is 10.9 Å². The summed E-state index contributed by atoms with van der Waals surface area (Å²) in [5, 5.41) is 5.26. The Morgan fingerprint density at radius 2 is 1.69 bits per heavy atom. The first-order valence-corrected chi connectivity index (χ1v) is 11.6. The second kappa shape index (κ2) is 8.93. The maximum absolute atomic E-state index is 3.82. The van der Waals surface area contributed by atoms with E-state index in [9.17, 15) is 0 Å². The maximum atomic E-state index is 3.82. The molecule has 0 radical (unpaired) electrons. The van der Waals surface area contributed by atoms with Crippen LogP contribution in [-0.4, -0.2) is 17.2 Å². The van der Waals surface area contributed by atoms with Crippen LogP contribution in [0.15, 0.2) is 28.9 Å². The van der Waals surface area contributed by atoms with Crippen molar-refractivity contribution >= 4 is 26.8 Å². The average molecular weight is 417 g/mol. The molecular weight excluding hydrogens is 384 g/mol. The highest BCUT2D eigenvalue weighted by molar-refractivity contribution is 9.10. The van der Waals surface area contributed by atoms with Crippen molar-refractivity contribution < 1.29 is 0 Å². The summed E-state index contributed by atoms with van der Waals surface area (Å²) in [5.74, 6) is 0.871. The van der Waals surface area contributed by atoms with Gasteiger partial charge in [0.15, 0.2) is 0 Å².